The molecule has 2 aliphatic rings. The van der Waals surface area contributed by atoms with Gasteiger partial charge in [0, 0.05) is 4.11 Å². The number of fused-ring (bicyclic) bond motifs is 1. The van der Waals surface area contributed by atoms with E-state index in [4.69, 9.17) is 4.11 Å². The van der Waals surface area contributed by atoms with Gasteiger partial charge in [-0.05, 0) is 93.9 Å². The molecule has 0 aromatic carbocycles. The van der Waals surface area contributed by atoms with Crippen LogP contribution in [0.25, 0.3) is 0 Å². The summed E-state index contributed by atoms with van der Waals surface area (Å²) < 4.78 is 102. The van der Waals surface area contributed by atoms with Crippen molar-refractivity contribution >= 4 is 0 Å². The Kier molecular flexibility index (Phi) is 6.77. The maximum absolute atomic E-state index is 13.5. The summed E-state index contributed by atoms with van der Waals surface area (Å²) in [5, 5.41) is 30.5. The monoisotopic (exact) mass is 491 g/mol. The van der Waals surface area contributed by atoms with Crippen molar-refractivity contribution in [3.8, 4) is 0 Å². The van der Waals surface area contributed by atoms with Crippen molar-refractivity contribution in [2.45, 2.75) is 115 Å². The molecule has 3 nitrogen and oxygen atoms in total. The lowest BCUT2D eigenvalue weighted by Crippen LogP contribution is -2.45. The molecule has 0 amide bonds. The number of aliphatic hydroxyl groups excluding tert-OH is 1. The van der Waals surface area contributed by atoms with E-state index in [-0.39, 0.29) is 31.1 Å². The molecule has 0 radical (unpaired) electrons. The zero-order chi connectivity index (χ0) is 28.0. The fraction of sp³-hybridized carbons (Fsp3) is 0.917. The van der Waals surface area contributed by atoms with Crippen LogP contribution in [-0.4, -0.2) is 45.0 Å². The quantitative estimate of drug-likeness (QED) is 0.275. The van der Waals surface area contributed by atoms with Crippen LogP contribution < -0.4 is 0 Å². The molecular weight excluding hydrogens is 450 g/mol. The van der Waals surface area contributed by atoms with Crippen molar-refractivity contribution in [2.24, 2.45) is 22.7 Å². The molecule has 194 valence electrons. The minimum Gasteiger partial charge on any atom is -0.393 e. The Bertz CT molecular complexity index is 781. The van der Waals surface area contributed by atoms with Gasteiger partial charge in [0.1, 0.15) is 0 Å². The van der Waals surface area contributed by atoms with Crippen LogP contribution in [0.2, 0.25) is 0 Å². The second kappa shape index (κ2) is 9.34. The lowest BCUT2D eigenvalue weighted by molar-refractivity contribution is -0.255. The molecule has 2 unspecified atom stereocenters. The number of hydrogen-bond acceptors (Lipinski definition) is 3. The van der Waals surface area contributed by atoms with Crippen LogP contribution in [0.5, 0.6) is 0 Å². The summed E-state index contributed by atoms with van der Waals surface area (Å²) in [4.78, 5) is 0. The third kappa shape index (κ3) is 5.89. The van der Waals surface area contributed by atoms with Crippen LogP contribution in [0.1, 0.15) is 89.5 Å². The van der Waals surface area contributed by atoms with Gasteiger partial charge >= 0.3 is 12.4 Å². The van der Waals surface area contributed by atoms with Crippen LogP contribution in [0, 0.1) is 22.7 Å². The Labute approximate surface area is 196 Å². The van der Waals surface area contributed by atoms with Gasteiger partial charge in [-0.2, -0.15) is 26.3 Å². The molecule has 0 saturated heterocycles. The summed E-state index contributed by atoms with van der Waals surface area (Å²) in [7, 11) is 0. The van der Waals surface area contributed by atoms with E-state index in [9.17, 15) is 41.7 Å². The lowest BCUT2D eigenvalue weighted by atomic mass is 9.56. The van der Waals surface area contributed by atoms with E-state index in [0.717, 1.165) is 12.8 Å². The van der Waals surface area contributed by atoms with Gasteiger partial charge in [0.2, 0.25) is 0 Å². The second-order valence-corrected chi connectivity index (χ2v) is 10.8. The fourth-order valence-electron chi connectivity index (χ4n) is 6.25. The number of allylic oxidation sites excluding steroid dienone is 1. The lowest BCUT2D eigenvalue weighted by Gasteiger charge is -2.50. The van der Waals surface area contributed by atoms with E-state index in [1.165, 1.54) is 6.08 Å². The third-order valence-corrected chi connectivity index (χ3v) is 8.29. The van der Waals surface area contributed by atoms with Gasteiger partial charge in [-0.3, -0.25) is 0 Å². The smallest absolute Gasteiger partial charge is 0.393 e. The van der Waals surface area contributed by atoms with E-state index >= 15 is 0 Å². The fourth-order valence-corrected chi connectivity index (χ4v) is 6.25. The van der Waals surface area contributed by atoms with Crippen molar-refractivity contribution in [1.29, 1.82) is 0 Å². The van der Waals surface area contributed by atoms with Gasteiger partial charge < -0.3 is 15.3 Å². The summed E-state index contributed by atoms with van der Waals surface area (Å²) in [5.74, 6) is -0.218. The molecule has 2 fully saturated rings. The van der Waals surface area contributed by atoms with Crippen molar-refractivity contribution in [3.05, 3.63) is 12.2 Å². The summed E-state index contributed by atoms with van der Waals surface area (Å²) in [5.41, 5.74) is -8.24. The summed E-state index contributed by atoms with van der Waals surface area (Å²) in [6, 6.07) is 0. The van der Waals surface area contributed by atoms with Gasteiger partial charge in [-0.15, -0.1) is 0 Å². The molecule has 0 aromatic heterocycles. The minimum atomic E-state index is -5.39. The summed E-state index contributed by atoms with van der Waals surface area (Å²) in [6.45, 7) is 0.650. The van der Waals surface area contributed by atoms with Crippen molar-refractivity contribution < 1.29 is 45.8 Å². The van der Waals surface area contributed by atoms with Gasteiger partial charge in [0.15, 0.2) is 11.2 Å². The Balaban J connectivity index is 2.35. The van der Waals surface area contributed by atoms with Crippen LogP contribution in [0.3, 0.4) is 0 Å². The van der Waals surface area contributed by atoms with Crippen molar-refractivity contribution in [3.63, 3.8) is 0 Å². The molecule has 0 aliphatic heterocycles. The van der Waals surface area contributed by atoms with Crippen molar-refractivity contribution in [2.75, 3.05) is 0 Å². The largest absolute Gasteiger partial charge is 0.420 e. The highest BCUT2D eigenvalue weighted by Crippen LogP contribution is 2.62. The predicted octanol–water partition coefficient (Wildman–Crippen LogP) is 6.31. The van der Waals surface area contributed by atoms with Gasteiger partial charge in [0.05, 0.1) is 6.10 Å². The molecule has 33 heavy (non-hydrogen) atoms. The first-order valence-electron chi connectivity index (χ1n) is 13.0. The predicted molar refractivity (Wildman–Crippen MR) is 113 cm³/mol. The topological polar surface area (TPSA) is 60.7 Å². The van der Waals surface area contributed by atoms with E-state index in [1.54, 1.807) is 6.92 Å². The minimum absolute atomic E-state index is 0.000512. The first kappa shape index (κ1) is 23.9. The van der Waals surface area contributed by atoms with Crippen LogP contribution >= 0.6 is 0 Å². The highest BCUT2D eigenvalue weighted by Gasteiger charge is 2.56. The Morgan fingerprint density at radius 1 is 1.00 bits per heavy atom. The molecule has 7 atom stereocenters. The van der Waals surface area contributed by atoms with E-state index in [1.807, 2.05) is 6.92 Å². The molecule has 0 bridgehead atoms. The number of halogens is 6. The molecule has 0 heterocycles. The highest BCUT2D eigenvalue weighted by molar-refractivity contribution is 5.09. The number of aliphatic hydroxyl groups is 3. The second-order valence-electron chi connectivity index (χ2n) is 10.8. The van der Waals surface area contributed by atoms with E-state index < -0.39 is 53.8 Å². The van der Waals surface area contributed by atoms with Crippen LogP contribution in [-0.2, 0) is 0 Å². The molecule has 3 N–H and O–H groups in total. The molecule has 0 spiro atoms. The maximum Gasteiger partial charge on any atom is 0.420 e. The molecule has 2 saturated carbocycles. The van der Waals surface area contributed by atoms with Crippen molar-refractivity contribution in [1.82, 2.24) is 0 Å². The first-order valence-corrected chi connectivity index (χ1v) is 11.5. The number of alkyl halides is 6. The standard InChI is InChI=1S/C24H38F6O3/c1-19(11-6-14-21(3,32)23(25,26)27,12-7-15-22(4,33)24(28,29)30)18-10-9-16-17(31)8-5-13-20(16,18)2/h6,14,16-18,31-33H,5,7-13,15H2,1-4H3/t16-,17-,18+,19-,20-,21?,22?/m0/s1/i4D3. The Morgan fingerprint density at radius 3 is 2.18 bits per heavy atom. The molecule has 9 heteroatoms. The Morgan fingerprint density at radius 2 is 1.64 bits per heavy atom. The number of rotatable bonds is 8. The highest BCUT2D eigenvalue weighted by atomic mass is 19.4. The first-order chi connectivity index (χ1) is 16.0. The van der Waals surface area contributed by atoms with Gasteiger partial charge in [-0.25, -0.2) is 0 Å². The average Bonchev–Trinajstić information content (AvgIpc) is 3.04. The normalized spacial score (nSPS) is 36.2. The van der Waals surface area contributed by atoms with E-state index in [0.29, 0.717) is 32.3 Å². The molecule has 0 aromatic rings. The molecule has 2 aliphatic carbocycles. The van der Waals surface area contributed by atoms with E-state index in [2.05, 4.69) is 0 Å². The third-order valence-electron chi connectivity index (χ3n) is 8.29. The summed E-state index contributed by atoms with van der Waals surface area (Å²) >= 11 is 0. The average molecular weight is 492 g/mol. The van der Waals surface area contributed by atoms with Gasteiger partial charge in [0.25, 0.3) is 0 Å². The molecule has 2 rings (SSSR count). The molecular formula is C24H38F6O3. The SMILES string of the molecule is [2H]C([2H])([2H])C(O)(CCC[C@](C)(CC=CC(C)(O)C(F)(F)F)[C@H]1CC[C@H]2[C@@H](O)CCC[C@]12C)C(F)(F)F. The zero-order valence-corrected chi connectivity index (χ0v) is 19.4. The number of hydrogen-bond donors (Lipinski definition) is 3. The van der Waals surface area contributed by atoms with Crippen LogP contribution in [0.4, 0.5) is 26.3 Å². The summed E-state index contributed by atoms with van der Waals surface area (Å²) in [6.07, 6.45) is -7.01. The zero-order valence-electron chi connectivity index (χ0n) is 22.4. The van der Waals surface area contributed by atoms with Gasteiger partial charge in [-0.1, -0.05) is 26.3 Å². The Hall–Kier alpha value is -0.800. The van der Waals surface area contributed by atoms with Crippen LogP contribution in [0.15, 0.2) is 12.2 Å². The maximum atomic E-state index is 13.5.